The molecule has 1 saturated heterocycles. The van der Waals surface area contributed by atoms with E-state index in [1.807, 2.05) is 27.7 Å². The van der Waals surface area contributed by atoms with Gasteiger partial charge in [-0.15, -0.1) is 0 Å². The molecule has 0 radical (unpaired) electrons. The summed E-state index contributed by atoms with van der Waals surface area (Å²) in [7, 11) is 0. The van der Waals surface area contributed by atoms with Crippen LogP contribution in [0.4, 0.5) is 10.7 Å². The van der Waals surface area contributed by atoms with Crippen LogP contribution >= 0.6 is 0 Å². The van der Waals surface area contributed by atoms with Crippen LogP contribution in [0, 0.1) is 16.7 Å². The molecule has 0 bridgehead atoms. The molecule has 1 unspecified atom stereocenters. The van der Waals surface area contributed by atoms with Gasteiger partial charge in [0.05, 0.1) is 11.4 Å². The fraction of sp³-hybridized carbons (Fsp3) is 0.516. The SMILES string of the molecule is CC(Nc1nc(C#N)c2ccc(=O)n(CC(C)(C)C)c2n1)c1ccc(CN2CCN(C(=O)OC(C)(C)C)CC2)cc1. The lowest BCUT2D eigenvalue weighted by Crippen LogP contribution is -2.49. The third kappa shape index (κ3) is 7.82. The van der Waals surface area contributed by atoms with Crippen molar-refractivity contribution in [3.8, 4) is 6.07 Å². The summed E-state index contributed by atoms with van der Waals surface area (Å²) >= 11 is 0. The first-order chi connectivity index (χ1) is 19.2. The van der Waals surface area contributed by atoms with Gasteiger partial charge < -0.3 is 15.0 Å². The van der Waals surface area contributed by atoms with Crippen LogP contribution in [-0.2, 0) is 17.8 Å². The number of fused-ring (bicyclic) bond motifs is 1. The number of carbonyl (C=O) groups excluding carboxylic acids is 1. The Hall–Kier alpha value is -3.97. The molecule has 3 aromatic rings. The average Bonchev–Trinajstić information content (AvgIpc) is 2.89. The largest absolute Gasteiger partial charge is 0.444 e. The highest BCUT2D eigenvalue weighted by molar-refractivity contribution is 5.81. The van der Waals surface area contributed by atoms with E-state index >= 15 is 0 Å². The van der Waals surface area contributed by atoms with Gasteiger partial charge in [-0.1, -0.05) is 45.0 Å². The molecule has 1 aliphatic heterocycles. The Labute approximate surface area is 242 Å². The van der Waals surface area contributed by atoms with E-state index in [1.165, 1.54) is 11.6 Å². The fourth-order valence-electron chi connectivity index (χ4n) is 4.80. The Balaban J connectivity index is 1.42. The summed E-state index contributed by atoms with van der Waals surface area (Å²) in [4.78, 5) is 38.3. The summed E-state index contributed by atoms with van der Waals surface area (Å²) in [6.07, 6.45) is -0.252. The van der Waals surface area contributed by atoms with Crippen LogP contribution in [0.5, 0.6) is 0 Å². The van der Waals surface area contributed by atoms with Crippen molar-refractivity contribution in [1.29, 1.82) is 5.26 Å². The van der Waals surface area contributed by atoms with Crippen LogP contribution in [0.1, 0.15) is 71.3 Å². The highest BCUT2D eigenvalue weighted by Gasteiger charge is 2.26. The number of carbonyl (C=O) groups is 1. The summed E-state index contributed by atoms with van der Waals surface area (Å²) in [6.45, 7) is 18.0. The van der Waals surface area contributed by atoms with E-state index in [0.29, 0.717) is 36.6 Å². The fourth-order valence-corrected chi connectivity index (χ4v) is 4.80. The van der Waals surface area contributed by atoms with Gasteiger partial charge in [0.1, 0.15) is 17.3 Å². The molecule has 1 aromatic carbocycles. The van der Waals surface area contributed by atoms with Gasteiger partial charge in [-0.05, 0) is 50.3 Å². The van der Waals surface area contributed by atoms with Crippen LogP contribution < -0.4 is 10.9 Å². The van der Waals surface area contributed by atoms with Gasteiger partial charge in [0.2, 0.25) is 5.95 Å². The van der Waals surface area contributed by atoms with Crippen molar-refractivity contribution in [2.24, 2.45) is 5.41 Å². The molecule has 218 valence electrons. The van der Waals surface area contributed by atoms with Crippen molar-refractivity contribution < 1.29 is 9.53 Å². The molecule has 0 aliphatic carbocycles. The zero-order chi connectivity index (χ0) is 29.9. The molecular formula is C31H41N7O3. The lowest BCUT2D eigenvalue weighted by atomic mass is 9.96. The first-order valence-corrected chi connectivity index (χ1v) is 14.1. The number of hydrogen-bond donors (Lipinski definition) is 1. The average molecular weight is 560 g/mol. The normalized spacial score (nSPS) is 15.4. The summed E-state index contributed by atoms with van der Waals surface area (Å²) in [5, 5.41) is 13.6. The Morgan fingerprint density at radius 3 is 2.27 bits per heavy atom. The molecule has 0 saturated carbocycles. The molecule has 1 amide bonds. The minimum Gasteiger partial charge on any atom is -0.444 e. The Kier molecular flexibility index (Phi) is 8.69. The van der Waals surface area contributed by atoms with Gasteiger partial charge in [-0.3, -0.25) is 14.3 Å². The number of nitrogens with zero attached hydrogens (tertiary/aromatic N) is 6. The molecular weight excluding hydrogens is 518 g/mol. The molecule has 3 heterocycles. The summed E-state index contributed by atoms with van der Waals surface area (Å²) in [5.41, 5.74) is 2.12. The van der Waals surface area contributed by atoms with Crippen LogP contribution in [0.25, 0.3) is 11.0 Å². The number of nitriles is 1. The molecule has 10 heteroatoms. The monoisotopic (exact) mass is 559 g/mol. The minimum absolute atomic E-state index is 0.128. The van der Waals surface area contributed by atoms with Crippen molar-refractivity contribution in [3.63, 3.8) is 0 Å². The second-order valence-electron chi connectivity index (χ2n) is 12.9. The van der Waals surface area contributed by atoms with E-state index in [9.17, 15) is 14.9 Å². The number of benzene rings is 1. The van der Waals surface area contributed by atoms with Gasteiger partial charge in [0, 0.05) is 45.3 Å². The maximum absolute atomic E-state index is 12.7. The topological polar surface area (TPSA) is 116 Å². The van der Waals surface area contributed by atoms with Gasteiger partial charge >= 0.3 is 6.09 Å². The maximum Gasteiger partial charge on any atom is 0.410 e. The Morgan fingerprint density at radius 2 is 1.68 bits per heavy atom. The number of aromatic nitrogens is 3. The van der Waals surface area contributed by atoms with E-state index in [1.54, 1.807) is 15.5 Å². The zero-order valence-electron chi connectivity index (χ0n) is 25.2. The van der Waals surface area contributed by atoms with E-state index in [-0.39, 0.29) is 28.8 Å². The number of anilines is 1. The Bertz CT molecular complexity index is 1490. The van der Waals surface area contributed by atoms with Gasteiger partial charge in [0.25, 0.3) is 5.56 Å². The minimum atomic E-state index is -0.491. The number of hydrogen-bond acceptors (Lipinski definition) is 8. The standard InChI is InChI=1S/C31H41N7O3/c1-21(33-28-34-25(18-32)24-12-13-26(39)38(27(24)35-28)20-30(2,3)4)23-10-8-22(9-11-23)19-36-14-16-37(17-15-36)29(40)41-31(5,6)7/h8-13,21H,14-17,19-20H2,1-7H3,(H,33,34,35). The van der Waals surface area contributed by atoms with Crippen LogP contribution in [0.2, 0.25) is 0 Å². The molecule has 1 atom stereocenters. The number of rotatable bonds is 6. The lowest BCUT2D eigenvalue weighted by Gasteiger charge is -2.35. The number of piperazine rings is 1. The van der Waals surface area contributed by atoms with Crippen LogP contribution in [0.15, 0.2) is 41.2 Å². The highest BCUT2D eigenvalue weighted by atomic mass is 16.6. The van der Waals surface area contributed by atoms with E-state index < -0.39 is 5.60 Å². The molecule has 1 N–H and O–H groups in total. The van der Waals surface area contributed by atoms with E-state index in [0.717, 1.165) is 25.2 Å². The Morgan fingerprint density at radius 1 is 1.02 bits per heavy atom. The van der Waals surface area contributed by atoms with E-state index in [2.05, 4.69) is 71.3 Å². The molecule has 1 aliphatic rings. The van der Waals surface area contributed by atoms with Crippen LogP contribution in [0.3, 0.4) is 0 Å². The summed E-state index contributed by atoms with van der Waals surface area (Å²) in [6, 6.07) is 13.5. The number of amides is 1. The third-order valence-electron chi connectivity index (χ3n) is 6.83. The molecule has 4 rings (SSSR count). The van der Waals surface area contributed by atoms with Crippen molar-refractivity contribution in [2.45, 2.75) is 73.2 Å². The quantitative estimate of drug-likeness (QED) is 0.452. The van der Waals surface area contributed by atoms with Gasteiger partial charge in [-0.2, -0.15) is 10.2 Å². The molecule has 2 aromatic heterocycles. The first kappa shape index (κ1) is 30.0. The predicted octanol–water partition coefficient (Wildman–Crippen LogP) is 4.94. The van der Waals surface area contributed by atoms with E-state index in [4.69, 9.17) is 4.74 Å². The number of ether oxygens (including phenoxy) is 1. The van der Waals surface area contributed by atoms with Crippen molar-refractivity contribution >= 4 is 23.1 Å². The molecule has 0 spiro atoms. The smallest absolute Gasteiger partial charge is 0.410 e. The second-order valence-corrected chi connectivity index (χ2v) is 12.9. The van der Waals surface area contributed by atoms with Crippen molar-refractivity contribution in [3.05, 3.63) is 63.6 Å². The zero-order valence-corrected chi connectivity index (χ0v) is 25.2. The summed E-state index contributed by atoms with van der Waals surface area (Å²) < 4.78 is 7.12. The maximum atomic E-state index is 12.7. The second kappa shape index (κ2) is 11.9. The van der Waals surface area contributed by atoms with Crippen molar-refractivity contribution in [1.82, 2.24) is 24.3 Å². The molecule has 1 fully saturated rings. The lowest BCUT2D eigenvalue weighted by molar-refractivity contribution is 0.0139. The van der Waals surface area contributed by atoms with Crippen molar-refractivity contribution in [2.75, 3.05) is 31.5 Å². The summed E-state index contributed by atoms with van der Waals surface area (Å²) in [5.74, 6) is 0.307. The highest BCUT2D eigenvalue weighted by Crippen LogP contribution is 2.24. The molecule has 41 heavy (non-hydrogen) atoms. The third-order valence-corrected chi connectivity index (χ3v) is 6.83. The first-order valence-electron chi connectivity index (χ1n) is 14.1. The predicted molar refractivity (Wildman–Crippen MR) is 160 cm³/mol. The number of pyridine rings is 1. The molecule has 10 nitrogen and oxygen atoms in total. The number of nitrogens with one attached hydrogen (secondary N) is 1. The van der Waals surface area contributed by atoms with Gasteiger partial charge in [-0.25, -0.2) is 9.78 Å². The van der Waals surface area contributed by atoms with Gasteiger partial charge in [0.15, 0.2) is 5.69 Å². The van der Waals surface area contributed by atoms with Crippen LogP contribution in [-0.4, -0.2) is 62.2 Å².